The van der Waals surface area contributed by atoms with Crippen molar-refractivity contribution in [3.8, 4) is 0 Å². The molecule has 2 aliphatic rings. The molecule has 2 fully saturated rings. The molecule has 7 heteroatoms. The predicted octanol–water partition coefficient (Wildman–Crippen LogP) is 2.32. The third-order valence-electron chi connectivity index (χ3n) is 5.48. The van der Waals surface area contributed by atoms with Crippen LogP contribution in [0.5, 0.6) is 0 Å². The number of nitrogens with one attached hydrogen (secondary N) is 2. The quantitative estimate of drug-likeness (QED) is 0.812. The number of hydrogen-bond donors (Lipinski definition) is 2. The Hall–Kier alpha value is -2.12. The Balaban J connectivity index is 1.49. The minimum absolute atomic E-state index is 0.0798. The molecule has 154 valence electrons. The number of likely N-dealkylation sites (tertiary alicyclic amines) is 1. The lowest BCUT2D eigenvalue weighted by molar-refractivity contribution is 0.0388. The maximum atomic E-state index is 12.7. The van der Waals surface area contributed by atoms with E-state index in [2.05, 4.69) is 22.5 Å². The Morgan fingerprint density at radius 3 is 2.71 bits per heavy atom. The largest absolute Gasteiger partial charge is 0.379 e. The molecule has 0 radical (unpaired) electrons. The minimum atomic E-state index is -0.222. The molecule has 2 N–H and O–H groups in total. The summed E-state index contributed by atoms with van der Waals surface area (Å²) in [5.41, 5.74) is 2.30. The fraction of sp³-hybridized carbons (Fsp3) is 0.619. The molecular formula is C21H32N4O3. The zero-order valence-corrected chi connectivity index (χ0v) is 17.0. The maximum Gasteiger partial charge on any atom is 0.319 e. The van der Waals surface area contributed by atoms with E-state index >= 15 is 0 Å². The summed E-state index contributed by atoms with van der Waals surface area (Å²) in [6, 6.07) is 5.26. The highest BCUT2D eigenvalue weighted by Gasteiger charge is 2.22. The lowest BCUT2D eigenvalue weighted by atomic mass is 9.99. The molecule has 1 atom stereocenters. The second-order valence-electron chi connectivity index (χ2n) is 7.86. The third-order valence-corrected chi connectivity index (χ3v) is 5.48. The fourth-order valence-electron chi connectivity index (χ4n) is 3.81. The van der Waals surface area contributed by atoms with Crippen LogP contribution in [0.15, 0.2) is 18.2 Å². The molecule has 2 saturated heterocycles. The van der Waals surface area contributed by atoms with Gasteiger partial charge in [-0.15, -0.1) is 0 Å². The molecule has 1 aromatic rings. The van der Waals surface area contributed by atoms with E-state index in [9.17, 15) is 9.59 Å². The van der Waals surface area contributed by atoms with Crippen molar-refractivity contribution in [1.82, 2.24) is 15.1 Å². The van der Waals surface area contributed by atoms with Crippen molar-refractivity contribution in [3.05, 3.63) is 29.3 Å². The summed E-state index contributed by atoms with van der Waals surface area (Å²) in [6.45, 7) is 10.5. The molecule has 3 amide bonds. The second-order valence-corrected chi connectivity index (χ2v) is 7.86. The highest BCUT2D eigenvalue weighted by Crippen LogP contribution is 2.21. The molecule has 0 bridgehead atoms. The number of aryl methyl sites for hydroxylation is 1. The van der Waals surface area contributed by atoms with Gasteiger partial charge in [0.15, 0.2) is 0 Å². The number of carbonyl (C=O) groups excluding carboxylic acids is 2. The van der Waals surface area contributed by atoms with Gasteiger partial charge in [0.05, 0.1) is 13.2 Å². The van der Waals surface area contributed by atoms with E-state index in [1.807, 2.05) is 24.0 Å². The summed E-state index contributed by atoms with van der Waals surface area (Å²) in [5.74, 6) is 0.636. The molecule has 28 heavy (non-hydrogen) atoms. The molecule has 2 heterocycles. The number of morpholine rings is 1. The minimum Gasteiger partial charge on any atom is -0.379 e. The Bertz CT molecular complexity index is 688. The van der Waals surface area contributed by atoms with Crippen molar-refractivity contribution in [2.75, 3.05) is 57.8 Å². The molecular weight excluding hydrogens is 356 g/mol. The van der Waals surface area contributed by atoms with E-state index in [1.54, 1.807) is 6.07 Å². The number of rotatable bonds is 5. The van der Waals surface area contributed by atoms with Gasteiger partial charge in [-0.25, -0.2) is 4.79 Å². The fourth-order valence-corrected chi connectivity index (χ4v) is 3.81. The molecule has 3 rings (SSSR count). The van der Waals surface area contributed by atoms with E-state index < -0.39 is 0 Å². The summed E-state index contributed by atoms with van der Waals surface area (Å²) in [4.78, 5) is 29.1. The number of anilines is 1. The number of ether oxygens (including phenoxy) is 1. The maximum absolute atomic E-state index is 12.7. The lowest BCUT2D eigenvalue weighted by Gasteiger charge is -2.31. The van der Waals surface area contributed by atoms with Crippen molar-refractivity contribution in [3.63, 3.8) is 0 Å². The van der Waals surface area contributed by atoms with Gasteiger partial charge in [-0.2, -0.15) is 0 Å². The first-order valence-electron chi connectivity index (χ1n) is 10.3. The van der Waals surface area contributed by atoms with Crippen molar-refractivity contribution in [2.45, 2.75) is 26.7 Å². The van der Waals surface area contributed by atoms with Gasteiger partial charge in [-0.1, -0.05) is 6.92 Å². The molecule has 7 nitrogen and oxygen atoms in total. The van der Waals surface area contributed by atoms with Crippen LogP contribution in [0.4, 0.5) is 10.5 Å². The van der Waals surface area contributed by atoms with Gasteiger partial charge in [0.25, 0.3) is 5.91 Å². The molecule has 0 spiro atoms. The van der Waals surface area contributed by atoms with Crippen molar-refractivity contribution in [1.29, 1.82) is 0 Å². The number of nitrogens with zero attached hydrogens (tertiary/aromatic N) is 2. The van der Waals surface area contributed by atoms with Gasteiger partial charge < -0.3 is 20.3 Å². The van der Waals surface area contributed by atoms with E-state index in [4.69, 9.17) is 4.74 Å². The van der Waals surface area contributed by atoms with E-state index in [1.165, 1.54) is 6.42 Å². The topological polar surface area (TPSA) is 73.9 Å². The monoisotopic (exact) mass is 388 g/mol. The number of piperidine rings is 1. The second kappa shape index (κ2) is 9.89. The third kappa shape index (κ3) is 5.69. The Morgan fingerprint density at radius 2 is 2.00 bits per heavy atom. The van der Waals surface area contributed by atoms with Crippen LogP contribution in [0.1, 0.15) is 35.7 Å². The first-order chi connectivity index (χ1) is 13.5. The number of carbonyl (C=O) groups is 2. The zero-order chi connectivity index (χ0) is 19.9. The molecule has 1 unspecified atom stereocenters. The predicted molar refractivity (Wildman–Crippen MR) is 110 cm³/mol. The number of hydrogen-bond acceptors (Lipinski definition) is 4. The van der Waals surface area contributed by atoms with Gasteiger partial charge in [-0.3, -0.25) is 9.69 Å². The molecule has 1 aromatic carbocycles. The van der Waals surface area contributed by atoms with Gasteiger partial charge in [-0.05, 0) is 49.4 Å². The average molecular weight is 389 g/mol. The summed E-state index contributed by atoms with van der Waals surface area (Å²) in [7, 11) is 0. The van der Waals surface area contributed by atoms with Crippen LogP contribution in [0, 0.1) is 12.8 Å². The normalized spacial score (nSPS) is 20.6. The first-order valence-corrected chi connectivity index (χ1v) is 10.3. The smallest absolute Gasteiger partial charge is 0.319 e. The van der Waals surface area contributed by atoms with E-state index in [-0.39, 0.29) is 11.9 Å². The summed E-state index contributed by atoms with van der Waals surface area (Å²) >= 11 is 0. The number of amides is 3. The van der Waals surface area contributed by atoms with Crippen molar-refractivity contribution < 1.29 is 14.3 Å². The summed E-state index contributed by atoms with van der Waals surface area (Å²) in [6.07, 6.45) is 2.25. The Labute approximate surface area is 167 Å². The van der Waals surface area contributed by atoms with Gasteiger partial charge in [0.1, 0.15) is 0 Å². The zero-order valence-electron chi connectivity index (χ0n) is 17.0. The first kappa shape index (κ1) is 20.6. The van der Waals surface area contributed by atoms with Crippen LogP contribution in [0.25, 0.3) is 0 Å². The average Bonchev–Trinajstić information content (AvgIpc) is 2.70. The van der Waals surface area contributed by atoms with E-state index in [0.717, 1.165) is 63.6 Å². The summed E-state index contributed by atoms with van der Waals surface area (Å²) < 4.78 is 5.32. The molecule has 0 aliphatic carbocycles. The van der Waals surface area contributed by atoms with Gasteiger partial charge in [0, 0.05) is 50.5 Å². The van der Waals surface area contributed by atoms with E-state index in [0.29, 0.717) is 18.0 Å². The molecule has 0 saturated carbocycles. The highest BCUT2D eigenvalue weighted by atomic mass is 16.5. The molecule has 0 aromatic heterocycles. The Kier molecular flexibility index (Phi) is 7.28. The van der Waals surface area contributed by atoms with Crippen LogP contribution in [0.2, 0.25) is 0 Å². The van der Waals surface area contributed by atoms with Gasteiger partial charge >= 0.3 is 6.03 Å². The van der Waals surface area contributed by atoms with Crippen LogP contribution >= 0.6 is 0 Å². The van der Waals surface area contributed by atoms with Crippen LogP contribution in [-0.2, 0) is 4.74 Å². The van der Waals surface area contributed by atoms with Gasteiger partial charge in [0.2, 0.25) is 0 Å². The molecule has 2 aliphatic heterocycles. The van der Waals surface area contributed by atoms with Crippen LogP contribution in [0.3, 0.4) is 0 Å². The number of urea groups is 1. The highest BCUT2D eigenvalue weighted by molar-refractivity contribution is 5.96. The lowest BCUT2D eigenvalue weighted by Crippen LogP contribution is -2.42. The standard InChI is InChI=1S/C21H32N4O3/c1-16-4-3-8-25(15-16)20(26)18-5-6-19(17(2)14-18)23-21(27)22-7-9-24-10-12-28-13-11-24/h5-6,14,16H,3-4,7-13,15H2,1-2H3,(H2,22,23,27). The Morgan fingerprint density at radius 1 is 1.21 bits per heavy atom. The van der Waals surface area contributed by atoms with Crippen LogP contribution in [-0.4, -0.2) is 74.2 Å². The van der Waals surface area contributed by atoms with Crippen molar-refractivity contribution >= 4 is 17.6 Å². The number of benzene rings is 1. The summed E-state index contributed by atoms with van der Waals surface area (Å²) in [5, 5.41) is 5.77. The van der Waals surface area contributed by atoms with Crippen LogP contribution < -0.4 is 10.6 Å². The SMILES string of the molecule is Cc1cc(C(=O)N2CCCC(C)C2)ccc1NC(=O)NCCN1CCOCC1. The van der Waals surface area contributed by atoms with Crippen molar-refractivity contribution in [2.24, 2.45) is 5.92 Å².